The minimum atomic E-state index is -0.581. The van der Waals surface area contributed by atoms with E-state index in [1.807, 2.05) is 7.05 Å². The molecule has 0 bridgehead atoms. The molecule has 100 valence electrons. The van der Waals surface area contributed by atoms with Gasteiger partial charge in [0, 0.05) is 6.54 Å². The Morgan fingerprint density at radius 3 is 2.84 bits per heavy atom. The zero-order chi connectivity index (χ0) is 13.6. The third kappa shape index (κ3) is 1.88. The monoisotopic (exact) mass is 263 g/mol. The molecule has 19 heavy (non-hydrogen) atoms. The van der Waals surface area contributed by atoms with Crippen molar-refractivity contribution >= 4 is 10.9 Å². The molecule has 2 aromatic rings. The maximum absolute atomic E-state index is 13.6. The number of hydrogen-bond acceptors (Lipinski definition) is 3. The Bertz CT molecular complexity index is 750. The van der Waals surface area contributed by atoms with E-state index in [2.05, 4.69) is 9.88 Å². The maximum Gasteiger partial charge on any atom is 0.329 e. The number of hydrogen-bond donors (Lipinski definition) is 1. The van der Waals surface area contributed by atoms with Gasteiger partial charge in [-0.1, -0.05) is 6.07 Å². The van der Waals surface area contributed by atoms with Crippen LogP contribution in [-0.4, -0.2) is 34.6 Å². The van der Waals surface area contributed by atoms with Gasteiger partial charge in [-0.25, -0.2) is 9.18 Å². The van der Waals surface area contributed by atoms with Crippen molar-refractivity contribution in [3.63, 3.8) is 0 Å². The molecule has 6 heteroatoms. The second-order valence-corrected chi connectivity index (χ2v) is 4.97. The molecule has 0 amide bonds. The fourth-order valence-electron chi connectivity index (χ4n) is 2.67. The molecule has 0 aliphatic carbocycles. The maximum atomic E-state index is 13.6. The van der Waals surface area contributed by atoms with E-state index in [0.717, 1.165) is 13.0 Å². The number of likely N-dealkylation sites (tertiary alicyclic amines) is 1. The van der Waals surface area contributed by atoms with Gasteiger partial charge in [0.15, 0.2) is 0 Å². The highest BCUT2D eigenvalue weighted by Crippen LogP contribution is 2.18. The third-order valence-corrected chi connectivity index (χ3v) is 3.65. The summed E-state index contributed by atoms with van der Waals surface area (Å²) >= 11 is 0. The van der Waals surface area contributed by atoms with E-state index in [1.165, 1.54) is 22.8 Å². The molecule has 1 atom stereocenters. The van der Waals surface area contributed by atoms with Crippen molar-refractivity contribution in [2.75, 3.05) is 20.1 Å². The van der Waals surface area contributed by atoms with Crippen molar-refractivity contribution in [2.24, 2.45) is 0 Å². The second-order valence-electron chi connectivity index (χ2n) is 4.97. The smallest absolute Gasteiger partial charge is 0.304 e. The van der Waals surface area contributed by atoms with E-state index < -0.39 is 17.1 Å². The van der Waals surface area contributed by atoms with Gasteiger partial charge in [0.1, 0.15) is 5.82 Å². The lowest BCUT2D eigenvalue weighted by Crippen LogP contribution is -2.39. The van der Waals surface area contributed by atoms with Crippen LogP contribution in [0.25, 0.3) is 10.9 Å². The van der Waals surface area contributed by atoms with E-state index in [9.17, 15) is 14.0 Å². The number of aromatic amines is 1. The van der Waals surface area contributed by atoms with Crippen LogP contribution in [0.15, 0.2) is 27.8 Å². The van der Waals surface area contributed by atoms with Gasteiger partial charge >= 0.3 is 5.69 Å². The minimum Gasteiger partial charge on any atom is -0.304 e. The molecule has 2 heterocycles. The van der Waals surface area contributed by atoms with Crippen molar-refractivity contribution in [1.82, 2.24) is 14.5 Å². The molecule has 0 radical (unpaired) electrons. The standard InChI is InChI=1S/C13H14FN3O2/c1-16-6-5-8(7-16)17-12(18)9-3-2-4-10(14)11(9)15-13(17)19/h2-4,8H,5-7H2,1H3,(H,15,19). The van der Waals surface area contributed by atoms with Crippen LogP contribution in [0.1, 0.15) is 12.5 Å². The molecule has 1 aromatic carbocycles. The molecule has 1 aliphatic heterocycles. The first kappa shape index (κ1) is 12.1. The molecule has 0 spiro atoms. The molecular weight excluding hydrogens is 249 g/mol. The largest absolute Gasteiger partial charge is 0.329 e. The molecule has 3 rings (SSSR count). The van der Waals surface area contributed by atoms with Crippen LogP contribution < -0.4 is 11.2 Å². The average molecular weight is 263 g/mol. The average Bonchev–Trinajstić information content (AvgIpc) is 2.77. The lowest BCUT2D eigenvalue weighted by atomic mass is 10.2. The molecule has 1 fully saturated rings. The topological polar surface area (TPSA) is 58.1 Å². The molecule has 0 saturated carbocycles. The summed E-state index contributed by atoms with van der Waals surface area (Å²) in [5.41, 5.74) is -0.971. The zero-order valence-corrected chi connectivity index (χ0v) is 10.5. The molecule has 1 aromatic heterocycles. The molecular formula is C13H14FN3O2. The summed E-state index contributed by atoms with van der Waals surface area (Å²) in [6.07, 6.45) is 0.750. The van der Waals surface area contributed by atoms with Gasteiger partial charge < -0.3 is 9.88 Å². The number of rotatable bonds is 1. The van der Waals surface area contributed by atoms with Gasteiger partial charge in [0.25, 0.3) is 5.56 Å². The van der Waals surface area contributed by atoms with E-state index in [0.29, 0.717) is 6.54 Å². The first-order valence-corrected chi connectivity index (χ1v) is 6.19. The van der Waals surface area contributed by atoms with Crippen molar-refractivity contribution in [2.45, 2.75) is 12.5 Å². The first-order chi connectivity index (χ1) is 9.08. The lowest BCUT2D eigenvalue weighted by Gasteiger charge is -2.13. The molecule has 1 N–H and O–H groups in total. The third-order valence-electron chi connectivity index (χ3n) is 3.65. The number of halogens is 1. The molecule has 1 aliphatic rings. The number of likely N-dealkylation sites (N-methyl/N-ethyl adjacent to an activating group) is 1. The first-order valence-electron chi connectivity index (χ1n) is 6.19. The number of benzene rings is 1. The fourth-order valence-corrected chi connectivity index (χ4v) is 2.67. The second kappa shape index (κ2) is 4.31. The number of fused-ring (bicyclic) bond motifs is 1. The summed E-state index contributed by atoms with van der Waals surface area (Å²) in [5, 5.41) is 0.217. The van der Waals surface area contributed by atoms with E-state index in [1.54, 1.807) is 0 Å². The Balaban J connectivity index is 2.27. The van der Waals surface area contributed by atoms with Gasteiger partial charge in [-0.05, 0) is 32.1 Å². The van der Waals surface area contributed by atoms with Crippen LogP contribution in [-0.2, 0) is 0 Å². The number of aromatic nitrogens is 2. The van der Waals surface area contributed by atoms with Crippen LogP contribution in [0.3, 0.4) is 0 Å². The van der Waals surface area contributed by atoms with E-state index >= 15 is 0 Å². The molecule has 1 saturated heterocycles. The fraction of sp³-hybridized carbons (Fsp3) is 0.385. The van der Waals surface area contributed by atoms with Crippen LogP contribution in [0.5, 0.6) is 0 Å². The summed E-state index contributed by atoms with van der Waals surface area (Å²) in [4.78, 5) is 28.9. The number of nitrogens with zero attached hydrogens (tertiary/aromatic N) is 2. The van der Waals surface area contributed by atoms with Crippen LogP contribution in [0.2, 0.25) is 0 Å². The van der Waals surface area contributed by atoms with Crippen LogP contribution in [0.4, 0.5) is 4.39 Å². The number of para-hydroxylation sites is 1. The summed E-state index contributed by atoms with van der Waals surface area (Å²) in [7, 11) is 1.94. The van der Waals surface area contributed by atoms with Gasteiger partial charge in [-0.3, -0.25) is 9.36 Å². The highest BCUT2D eigenvalue weighted by atomic mass is 19.1. The SMILES string of the molecule is CN1CCC(n2c(=O)[nH]c3c(F)cccc3c2=O)C1. The Labute approximate surface area is 108 Å². The van der Waals surface area contributed by atoms with Crippen LogP contribution in [0, 0.1) is 5.82 Å². The Morgan fingerprint density at radius 2 is 2.16 bits per heavy atom. The van der Waals surface area contributed by atoms with Crippen molar-refractivity contribution in [1.29, 1.82) is 0 Å². The predicted octanol–water partition coefficient (Wildman–Crippen LogP) is 0.705. The zero-order valence-electron chi connectivity index (χ0n) is 10.5. The van der Waals surface area contributed by atoms with Gasteiger partial charge in [0.05, 0.1) is 16.9 Å². The highest BCUT2D eigenvalue weighted by molar-refractivity contribution is 5.77. The Morgan fingerprint density at radius 1 is 1.37 bits per heavy atom. The summed E-state index contributed by atoms with van der Waals surface area (Å²) in [5.74, 6) is -0.581. The minimum absolute atomic E-state index is 0.0138. The van der Waals surface area contributed by atoms with Gasteiger partial charge in [-0.15, -0.1) is 0 Å². The normalized spacial score (nSPS) is 20.2. The Kier molecular flexibility index (Phi) is 2.74. The summed E-state index contributed by atoms with van der Waals surface area (Å²) in [6, 6.07) is 4.09. The Hall–Kier alpha value is -1.95. The van der Waals surface area contributed by atoms with Crippen LogP contribution >= 0.6 is 0 Å². The van der Waals surface area contributed by atoms with E-state index in [4.69, 9.17) is 0 Å². The van der Waals surface area contributed by atoms with Crippen molar-refractivity contribution < 1.29 is 4.39 Å². The lowest BCUT2D eigenvalue weighted by molar-refractivity contribution is 0.386. The van der Waals surface area contributed by atoms with Crippen molar-refractivity contribution in [3.05, 3.63) is 44.9 Å². The van der Waals surface area contributed by atoms with Crippen molar-refractivity contribution in [3.8, 4) is 0 Å². The van der Waals surface area contributed by atoms with E-state index in [-0.39, 0.29) is 16.9 Å². The molecule has 1 unspecified atom stereocenters. The summed E-state index contributed by atoms with van der Waals surface area (Å²) < 4.78 is 14.8. The number of H-pyrrole nitrogens is 1. The predicted molar refractivity (Wildman–Crippen MR) is 69.9 cm³/mol. The highest BCUT2D eigenvalue weighted by Gasteiger charge is 2.24. The number of nitrogens with one attached hydrogen (secondary N) is 1. The van der Waals surface area contributed by atoms with Gasteiger partial charge in [0.2, 0.25) is 0 Å². The summed E-state index contributed by atoms with van der Waals surface area (Å²) in [6.45, 7) is 1.50. The molecule has 5 nitrogen and oxygen atoms in total. The quantitative estimate of drug-likeness (QED) is 0.824. The van der Waals surface area contributed by atoms with Gasteiger partial charge in [-0.2, -0.15) is 0 Å².